The smallest absolute Gasteiger partial charge is 0.340 e. The van der Waals surface area contributed by atoms with Crippen molar-refractivity contribution in [1.29, 1.82) is 0 Å². The van der Waals surface area contributed by atoms with Gasteiger partial charge in [-0.15, -0.1) is 0 Å². The third-order valence-corrected chi connectivity index (χ3v) is 3.24. The van der Waals surface area contributed by atoms with Crippen molar-refractivity contribution in [2.24, 2.45) is 7.05 Å². The van der Waals surface area contributed by atoms with Crippen LogP contribution in [0.1, 0.15) is 48.1 Å². The lowest BCUT2D eigenvalue weighted by Gasteiger charge is -2.06. The molecule has 0 aromatic carbocycles. The Labute approximate surface area is 113 Å². The molecular formula is C14H21NO4. The van der Waals surface area contributed by atoms with Gasteiger partial charge in [0, 0.05) is 18.4 Å². The number of aliphatic carboxylic acids is 1. The Morgan fingerprint density at radius 1 is 1.16 bits per heavy atom. The van der Waals surface area contributed by atoms with Crippen LogP contribution in [0, 0.1) is 0 Å². The molecule has 0 aliphatic heterocycles. The molecular weight excluding hydrogens is 246 g/mol. The number of carbonyl (C=O) groups excluding carboxylic acids is 1. The summed E-state index contributed by atoms with van der Waals surface area (Å²) in [5, 5.41) is 9.01. The third kappa shape index (κ3) is 2.97. The maximum absolute atomic E-state index is 12.1. The second-order valence-corrected chi connectivity index (χ2v) is 4.30. The quantitative estimate of drug-likeness (QED) is 0.800. The average Bonchev–Trinajstić information content (AvgIpc) is 2.61. The minimum absolute atomic E-state index is 0.169. The molecule has 0 saturated carbocycles. The molecule has 1 aromatic rings. The van der Waals surface area contributed by atoms with Crippen molar-refractivity contribution in [3.8, 4) is 0 Å². The first kappa shape index (κ1) is 15.3. The minimum atomic E-state index is -0.948. The SMILES string of the molecule is CCOC(=O)c1c(CC)c(CC)n(C)c1CC(=O)O. The normalized spacial score (nSPS) is 10.5. The molecule has 5 heteroatoms. The van der Waals surface area contributed by atoms with Crippen molar-refractivity contribution < 1.29 is 19.4 Å². The van der Waals surface area contributed by atoms with E-state index in [1.54, 1.807) is 14.0 Å². The summed E-state index contributed by atoms with van der Waals surface area (Å²) in [6.07, 6.45) is 1.27. The number of rotatable bonds is 6. The lowest BCUT2D eigenvalue weighted by atomic mass is 10.0. The van der Waals surface area contributed by atoms with Gasteiger partial charge in [0.1, 0.15) is 0 Å². The van der Waals surface area contributed by atoms with E-state index in [0.29, 0.717) is 17.7 Å². The van der Waals surface area contributed by atoms with Crippen LogP contribution in [0.4, 0.5) is 0 Å². The Hall–Kier alpha value is -1.78. The van der Waals surface area contributed by atoms with E-state index in [1.807, 2.05) is 18.4 Å². The second-order valence-electron chi connectivity index (χ2n) is 4.30. The second kappa shape index (κ2) is 6.41. The molecule has 0 bridgehead atoms. The first-order valence-electron chi connectivity index (χ1n) is 6.55. The number of nitrogens with zero attached hydrogens (tertiary/aromatic N) is 1. The van der Waals surface area contributed by atoms with E-state index in [4.69, 9.17) is 9.84 Å². The van der Waals surface area contributed by atoms with Crippen LogP contribution in [0.25, 0.3) is 0 Å². The van der Waals surface area contributed by atoms with Gasteiger partial charge in [0.25, 0.3) is 0 Å². The van der Waals surface area contributed by atoms with Crippen molar-refractivity contribution in [3.05, 3.63) is 22.5 Å². The van der Waals surface area contributed by atoms with Crippen molar-refractivity contribution in [2.75, 3.05) is 6.61 Å². The van der Waals surface area contributed by atoms with Gasteiger partial charge >= 0.3 is 11.9 Å². The molecule has 0 amide bonds. The topological polar surface area (TPSA) is 68.5 Å². The first-order chi connectivity index (χ1) is 8.97. The van der Waals surface area contributed by atoms with E-state index in [2.05, 4.69) is 0 Å². The van der Waals surface area contributed by atoms with Crippen molar-refractivity contribution >= 4 is 11.9 Å². The zero-order valence-electron chi connectivity index (χ0n) is 11.9. The Kier molecular flexibility index (Phi) is 5.15. The number of hydrogen-bond acceptors (Lipinski definition) is 3. The molecule has 0 radical (unpaired) electrons. The summed E-state index contributed by atoms with van der Waals surface area (Å²) in [7, 11) is 1.80. The monoisotopic (exact) mass is 267 g/mol. The Morgan fingerprint density at radius 3 is 2.21 bits per heavy atom. The molecule has 0 aliphatic rings. The number of carboxylic acid groups (broad SMARTS) is 1. The van der Waals surface area contributed by atoms with E-state index in [0.717, 1.165) is 17.7 Å². The highest BCUT2D eigenvalue weighted by Crippen LogP contribution is 2.25. The fourth-order valence-electron chi connectivity index (χ4n) is 2.48. The zero-order chi connectivity index (χ0) is 14.6. The average molecular weight is 267 g/mol. The van der Waals surface area contributed by atoms with Crippen LogP contribution < -0.4 is 0 Å². The summed E-state index contributed by atoms with van der Waals surface area (Å²) in [5.74, 6) is -1.37. The number of carboxylic acids is 1. The van der Waals surface area contributed by atoms with Gasteiger partial charge in [0.05, 0.1) is 18.6 Å². The molecule has 1 rings (SSSR count). The van der Waals surface area contributed by atoms with Crippen LogP contribution in [0.15, 0.2) is 0 Å². The fourth-order valence-corrected chi connectivity index (χ4v) is 2.48. The number of aromatic nitrogens is 1. The standard InChI is InChI=1S/C14H21NO4/c1-5-9-10(6-2)15(4)11(8-12(16)17)13(9)14(18)19-7-3/h5-8H2,1-4H3,(H,16,17). The minimum Gasteiger partial charge on any atom is -0.481 e. The lowest BCUT2D eigenvalue weighted by molar-refractivity contribution is -0.136. The summed E-state index contributed by atoms with van der Waals surface area (Å²) in [5.41, 5.74) is 2.87. The van der Waals surface area contributed by atoms with Gasteiger partial charge in [0.2, 0.25) is 0 Å². The van der Waals surface area contributed by atoms with E-state index in [-0.39, 0.29) is 13.0 Å². The van der Waals surface area contributed by atoms with Gasteiger partial charge < -0.3 is 14.4 Å². The van der Waals surface area contributed by atoms with Crippen LogP contribution >= 0.6 is 0 Å². The molecule has 106 valence electrons. The Bertz CT molecular complexity index is 488. The maximum Gasteiger partial charge on any atom is 0.340 e. The van der Waals surface area contributed by atoms with Gasteiger partial charge in [-0.1, -0.05) is 13.8 Å². The molecule has 0 atom stereocenters. The number of hydrogen-bond donors (Lipinski definition) is 1. The third-order valence-electron chi connectivity index (χ3n) is 3.24. The van der Waals surface area contributed by atoms with Crippen LogP contribution in [0.3, 0.4) is 0 Å². The van der Waals surface area contributed by atoms with Crippen LogP contribution in [-0.4, -0.2) is 28.2 Å². The number of carbonyl (C=O) groups is 2. The van der Waals surface area contributed by atoms with E-state index in [9.17, 15) is 9.59 Å². The molecule has 0 aliphatic carbocycles. The molecule has 19 heavy (non-hydrogen) atoms. The maximum atomic E-state index is 12.1. The number of esters is 1. The fraction of sp³-hybridized carbons (Fsp3) is 0.571. The van der Waals surface area contributed by atoms with Gasteiger partial charge in [0.15, 0.2) is 0 Å². The van der Waals surface area contributed by atoms with Gasteiger partial charge in [-0.3, -0.25) is 4.79 Å². The summed E-state index contributed by atoms with van der Waals surface area (Å²) in [6, 6.07) is 0. The van der Waals surface area contributed by atoms with Gasteiger partial charge in [-0.2, -0.15) is 0 Å². The molecule has 5 nitrogen and oxygen atoms in total. The van der Waals surface area contributed by atoms with Crippen molar-refractivity contribution in [3.63, 3.8) is 0 Å². The molecule has 0 unspecified atom stereocenters. The first-order valence-corrected chi connectivity index (χ1v) is 6.55. The molecule has 1 aromatic heterocycles. The lowest BCUT2D eigenvalue weighted by Crippen LogP contribution is -2.13. The van der Waals surface area contributed by atoms with Gasteiger partial charge in [-0.25, -0.2) is 4.79 Å². The highest BCUT2D eigenvalue weighted by atomic mass is 16.5. The predicted octanol–water partition coefficient (Wildman–Crippen LogP) is 1.95. The molecule has 0 spiro atoms. The highest BCUT2D eigenvalue weighted by Gasteiger charge is 2.26. The molecule has 1 N–H and O–H groups in total. The Morgan fingerprint density at radius 2 is 1.79 bits per heavy atom. The molecule has 0 saturated heterocycles. The largest absolute Gasteiger partial charge is 0.481 e. The van der Waals surface area contributed by atoms with Gasteiger partial charge in [-0.05, 0) is 25.3 Å². The van der Waals surface area contributed by atoms with E-state index < -0.39 is 11.9 Å². The van der Waals surface area contributed by atoms with Crippen molar-refractivity contribution in [2.45, 2.75) is 40.0 Å². The van der Waals surface area contributed by atoms with E-state index >= 15 is 0 Å². The Balaban J connectivity index is 3.45. The summed E-state index contributed by atoms with van der Waals surface area (Å²) in [4.78, 5) is 23.1. The van der Waals surface area contributed by atoms with Crippen LogP contribution in [0.5, 0.6) is 0 Å². The summed E-state index contributed by atoms with van der Waals surface area (Å²) < 4.78 is 6.88. The molecule has 1 heterocycles. The van der Waals surface area contributed by atoms with Crippen LogP contribution in [-0.2, 0) is 35.8 Å². The zero-order valence-corrected chi connectivity index (χ0v) is 11.9. The molecule has 0 fully saturated rings. The van der Waals surface area contributed by atoms with E-state index in [1.165, 1.54) is 0 Å². The highest BCUT2D eigenvalue weighted by molar-refractivity contribution is 5.94. The van der Waals surface area contributed by atoms with Crippen LogP contribution in [0.2, 0.25) is 0 Å². The summed E-state index contributed by atoms with van der Waals surface area (Å²) in [6.45, 7) is 5.98. The number of ether oxygens (including phenoxy) is 1. The predicted molar refractivity (Wildman–Crippen MR) is 71.5 cm³/mol. The van der Waals surface area contributed by atoms with Crippen molar-refractivity contribution in [1.82, 2.24) is 4.57 Å². The summed E-state index contributed by atoms with van der Waals surface area (Å²) >= 11 is 0.